The number of carbonyl (C=O) groups excluding carboxylic acids is 2. The number of nitrogens with zero attached hydrogens (tertiary/aromatic N) is 5. The highest BCUT2D eigenvalue weighted by atomic mass is 32.2. The first-order valence-corrected chi connectivity index (χ1v) is 11.1. The van der Waals surface area contributed by atoms with Crippen LogP contribution in [0.3, 0.4) is 0 Å². The maximum atomic E-state index is 12.5. The molecule has 3 rings (SSSR count). The number of tetrazole rings is 1. The quantitative estimate of drug-likeness (QED) is 0.541. The minimum atomic E-state index is -0.201. The van der Waals surface area contributed by atoms with E-state index in [0.29, 0.717) is 29.5 Å². The third kappa shape index (κ3) is 5.49. The summed E-state index contributed by atoms with van der Waals surface area (Å²) >= 11 is 1.25. The summed E-state index contributed by atoms with van der Waals surface area (Å²) in [5, 5.41) is 15.2. The van der Waals surface area contributed by atoms with Gasteiger partial charge in [-0.05, 0) is 68.0 Å². The van der Waals surface area contributed by atoms with Gasteiger partial charge in [0.05, 0.1) is 11.4 Å². The van der Waals surface area contributed by atoms with Gasteiger partial charge in [0.2, 0.25) is 11.1 Å². The first kappa shape index (κ1) is 22.5. The Morgan fingerprint density at radius 1 is 1.10 bits per heavy atom. The molecule has 0 saturated carbocycles. The molecule has 162 valence electrons. The second-order valence-electron chi connectivity index (χ2n) is 7.06. The van der Waals surface area contributed by atoms with Crippen LogP contribution in [-0.4, -0.2) is 55.8 Å². The van der Waals surface area contributed by atoms with Crippen LogP contribution in [0.25, 0.3) is 5.69 Å². The van der Waals surface area contributed by atoms with Crippen molar-refractivity contribution in [3.05, 3.63) is 59.2 Å². The molecule has 0 atom stereocenters. The molecule has 9 heteroatoms. The molecule has 0 aliphatic carbocycles. The first-order chi connectivity index (χ1) is 14.9. The molecule has 3 aromatic rings. The first-order valence-electron chi connectivity index (χ1n) is 10.1. The molecule has 0 saturated heterocycles. The number of hydrogen-bond acceptors (Lipinski definition) is 6. The molecular formula is C22H26N6O2S. The van der Waals surface area contributed by atoms with Crippen molar-refractivity contribution in [2.75, 3.05) is 24.2 Å². The summed E-state index contributed by atoms with van der Waals surface area (Å²) in [5.41, 5.74) is 4.21. The van der Waals surface area contributed by atoms with E-state index in [0.717, 1.165) is 16.8 Å². The second kappa shape index (κ2) is 10.2. The van der Waals surface area contributed by atoms with Crippen molar-refractivity contribution in [2.45, 2.75) is 32.9 Å². The number of aromatic nitrogens is 4. The average molecular weight is 439 g/mol. The zero-order valence-electron chi connectivity index (χ0n) is 18.1. The zero-order chi connectivity index (χ0) is 22.4. The van der Waals surface area contributed by atoms with E-state index >= 15 is 0 Å². The highest BCUT2D eigenvalue weighted by Gasteiger charge is 2.15. The summed E-state index contributed by atoms with van der Waals surface area (Å²) in [7, 11) is 0. The predicted octanol–water partition coefficient (Wildman–Crippen LogP) is 3.49. The van der Waals surface area contributed by atoms with Crippen LogP contribution < -0.4 is 5.32 Å². The smallest absolute Gasteiger partial charge is 0.253 e. The fraction of sp³-hybridized carbons (Fsp3) is 0.318. The third-order valence-electron chi connectivity index (χ3n) is 4.80. The number of amides is 2. The highest BCUT2D eigenvalue weighted by Crippen LogP contribution is 2.22. The molecule has 0 spiro atoms. The van der Waals surface area contributed by atoms with Gasteiger partial charge in [0, 0.05) is 24.3 Å². The Balaban J connectivity index is 1.65. The maximum absolute atomic E-state index is 12.5. The van der Waals surface area contributed by atoms with Crippen molar-refractivity contribution in [3.8, 4) is 5.69 Å². The fourth-order valence-corrected chi connectivity index (χ4v) is 3.90. The largest absolute Gasteiger partial charge is 0.339 e. The van der Waals surface area contributed by atoms with Gasteiger partial charge >= 0.3 is 0 Å². The summed E-state index contributed by atoms with van der Waals surface area (Å²) in [6, 6.07) is 13.0. The van der Waals surface area contributed by atoms with Crippen molar-refractivity contribution >= 4 is 29.3 Å². The predicted molar refractivity (Wildman–Crippen MR) is 122 cm³/mol. The van der Waals surface area contributed by atoms with Gasteiger partial charge in [-0.3, -0.25) is 9.59 Å². The molecular weight excluding hydrogens is 412 g/mol. The molecule has 1 N–H and O–H groups in total. The molecule has 0 aliphatic rings. The molecule has 0 bridgehead atoms. The van der Waals surface area contributed by atoms with Crippen LogP contribution in [-0.2, 0) is 4.79 Å². The minimum absolute atomic E-state index is 0.0527. The number of carbonyl (C=O) groups is 2. The normalized spacial score (nSPS) is 10.7. The van der Waals surface area contributed by atoms with Crippen molar-refractivity contribution in [1.82, 2.24) is 25.1 Å². The standard InChI is InChI=1S/C22H26N6O2S/c1-5-27(6-2)21(30)17-8-7-9-18(13-17)23-20(29)14-31-22-24-25-26-28(22)19-11-10-15(3)12-16(19)4/h7-13H,5-6,14H2,1-4H3,(H,23,29). The topological polar surface area (TPSA) is 93.0 Å². The van der Waals surface area contributed by atoms with Gasteiger partial charge in [0.25, 0.3) is 5.91 Å². The van der Waals surface area contributed by atoms with Crippen molar-refractivity contribution in [1.29, 1.82) is 0 Å². The monoisotopic (exact) mass is 438 g/mol. The maximum Gasteiger partial charge on any atom is 0.253 e. The third-order valence-corrected chi connectivity index (χ3v) is 5.72. The Hall–Kier alpha value is -3.20. The Labute approximate surface area is 186 Å². The molecule has 2 amide bonds. The van der Waals surface area contributed by atoms with E-state index in [-0.39, 0.29) is 17.6 Å². The van der Waals surface area contributed by atoms with Crippen molar-refractivity contribution < 1.29 is 9.59 Å². The number of benzene rings is 2. The van der Waals surface area contributed by atoms with E-state index in [2.05, 4.69) is 26.9 Å². The van der Waals surface area contributed by atoms with Gasteiger partial charge in [-0.25, -0.2) is 0 Å². The summed E-state index contributed by atoms with van der Waals surface area (Å²) < 4.78 is 1.64. The lowest BCUT2D eigenvalue weighted by molar-refractivity contribution is -0.113. The van der Waals surface area contributed by atoms with Crippen molar-refractivity contribution in [3.63, 3.8) is 0 Å². The molecule has 2 aromatic carbocycles. The van der Waals surface area contributed by atoms with Crippen LogP contribution >= 0.6 is 11.8 Å². The lowest BCUT2D eigenvalue weighted by Crippen LogP contribution is -2.30. The SMILES string of the molecule is CCN(CC)C(=O)c1cccc(NC(=O)CSc2nnnn2-c2ccc(C)cc2C)c1. The van der Waals surface area contributed by atoms with E-state index in [4.69, 9.17) is 0 Å². The van der Waals surface area contributed by atoms with E-state index in [1.54, 1.807) is 33.8 Å². The lowest BCUT2D eigenvalue weighted by atomic mass is 10.1. The van der Waals surface area contributed by atoms with Gasteiger partial charge in [-0.15, -0.1) is 5.10 Å². The average Bonchev–Trinajstić information content (AvgIpc) is 3.21. The minimum Gasteiger partial charge on any atom is -0.339 e. The number of hydrogen-bond donors (Lipinski definition) is 1. The van der Waals surface area contributed by atoms with Gasteiger partial charge in [0.1, 0.15) is 0 Å². The second-order valence-corrected chi connectivity index (χ2v) is 8.00. The van der Waals surface area contributed by atoms with Gasteiger partial charge in [-0.1, -0.05) is 35.5 Å². The van der Waals surface area contributed by atoms with Crippen LogP contribution in [0, 0.1) is 13.8 Å². The number of aryl methyl sites for hydroxylation is 2. The van der Waals surface area contributed by atoms with Gasteiger partial charge in [0.15, 0.2) is 0 Å². The number of nitrogens with one attached hydrogen (secondary N) is 1. The summed E-state index contributed by atoms with van der Waals surface area (Å²) in [4.78, 5) is 26.8. The van der Waals surface area contributed by atoms with E-state index in [1.807, 2.05) is 39.8 Å². The van der Waals surface area contributed by atoms with Crippen LogP contribution in [0.2, 0.25) is 0 Å². The molecule has 0 unspecified atom stereocenters. The Kier molecular flexibility index (Phi) is 7.41. The number of thioether (sulfide) groups is 1. The summed E-state index contributed by atoms with van der Waals surface area (Å²) in [6.07, 6.45) is 0. The zero-order valence-corrected chi connectivity index (χ0v) is 18.9. The molecule has 1 aromatic heterocycles. The molecule has 0 radical (unpaired) electrons. The number of anilines is 1. The van der Waals surface area contributed by atoms with Crippen LogP contribution in [0.15, 0.2) is 47.6 Å². The van der Waals surface area contributed by atoms with Gasteiger partial charge < -0.3 is 10.2 Å². The summed E-state index contributed by atoms with van der Waals surface area (Å²) in [6.45, 7) is 9.18. The molecule has 0 aliphatic heterocycles. The van der Waals surface area contributed by atoms with Crippen LogP contribution in [0.1, 0.15) is 35.3 Å². The van der Waals surface area contributed by atoms with Gasteiger partial charge in [-0.2, -0.15) is 4.68 Å². The van der Waals surface area contributed by atoms with Crippen molar-refractivity contribution in [2.24, 2.45) is 0 Å². The van der Waals surface area contributed by atoms with Crippen LogP contribution in [0.4, 0.5) is 5.69 Å². The molecule has 31 heavy (non-hydrogen) atoms. The Bertz CT molecular complexity index is 1080. The van der Waals surface area contributed by atoms with E-state index in [1.165, 1.54) is 11.8 Å². The van der Waals surface area contributed by atoms with E-state index in [9.17, 15) is 9.59 Å². The Morgan fingerprint density at radius 3 is 2.58 bits per heavy atom. The van der Waals surface area contributed by atoms with E-state index < -0.39 is 0 Å². The molecule has 1 heterocycles. The molecule has 8 nitrogen and oxygen atoms in total. The highest BCUT2D eigenvalue weighted by molar-refractivity contribution is 7.99. The van der Waals surface area contributed by atoms with Crippen LogP contribution in [0.5, 0.6) is 0 Å². The number of rotatable bonds is 8. The summed E-state index contributed by atoms with van der Waals surface area (Å²) in [5.74, 6) is -0.116. The lowest BCUT2D eigenvalue weighted by Gasteiger charge is -2.19. The Morgan fingerprint density at radius 2 is 1.87 bits per heavy atom. The fourth-order valence-electron chi connectivity index (χ4n) is 3.21. The molecule has 0 fully saturated rings.